The van der Waals surface area contributed by atoms with Crippen LogP contribution in [0.25, 0.3) is 0 Å². The van der Waals surface area contributed by atoms with Crippen LogP contribution in [0, 0.1) is 18.6 Å². The lowest BCUT2D eigenvalue weighted by molar-refractivity contribution is 0.504. The summed E-state index contributed by atoms with van der Waals surface area (Å²) in [5.41, 5.74) is 3.02. The Hall–Kier alpha value is -1.26. The Kier molecular flexibility index (Phi) is 4.89. The first-order valence-electron chi connectivity index (χ1n) is 6.39. The summed E-state index contributed by atoms with van der Waals surface area (Å²) in [6, 6.07) is 10.1. The van der Waals surface area contributed by atoms with Crippen LogP contribution in [0.15, 0.2) is 40.9 Å². The van der Waals surface area contributed by atoms with Gasteiger partial charge in [-0.2, -0.15) is 0 Å². The Morgan fingerprint density at radius 3 is 2.55 bits per heavy atom. The first kappa shape index (κ1) is 15.1. The first-order chi connectivity index (χ1) is 9.52. The topological polar surface area (TPSA) is 12.0 Å². The summed E-state index contributed by atoms with van der Waals surface area (Å²) in [6.07, 6.45) is 0.593. The molecule has 106 valence electrons. The van der Waals surface area contributed by atoms with Gasteiger partial charge in [0.05, 0.1) is 0 Å². The van der Waals surface area contributed by atoms with Crippen molar-refractivity contribution in [2.45, 2.75) is 19.4 Å². The quantitative estimate of drug-likeness (QED) is 0.862. The van der Waals surface area contributed by atoms with Gasteiger partial charge in [-0.1, -0.05) is 40.2 Å². The van der Waals surface area contributed by atoms with Gasteiger partial charge in [0.25, 0.3) is 0 Å². The minimum Gasteiger partial charge on any atom is -0.313 e. The summed E-state index contributed by atoms with van der Waals surface area (Å²) < 4.78 is 27.3. The molecule has 20 heavy (non-hydrogen) atoms. The average Bonchev–Trinajstić information content (AvgIpc) is 2.43. The van der Waals surface area contributed by atoms with E-state index < -0.39 is 11.6 Å². The fourth-order valence-corrected chi connectivity index (χ4v) is 2.75. The molecule has 1 atom stereocenters. The lowest BCUT2D eigenvalue weighted by Gasteiger charge is -2.19. The smallest absolute Gasteiger partial charge is 0.159 e. The standard InChI is InChI=1S/C16H16BrF2N/c1-10-4-3-5-12(16(10)17)15(20-2)9-11-6-7-13(18)14(19)8-11/h3-8,15,20H,9H2,1-2H3. The summed E-state index contributed by atoms with van der Waals surface area (Å²) in [5.74, 6) is -1.62. The highest BCUT2D eigenvalue weighted by atomic mass is 79.9. The maximum Gasteiger partial charge on any atom is 0.159 e. The third-order valence-electron chi connectivity index (χ3n) is 3.37. The van der Waals surface area contributed by atoms with Crippen LogP contribution >= 0.6 is 15.9 Å². The SMILES string of the molecule is CNC(Cc1ccc(F)c(F)c1)c1cccc(C)c1Br. The van der Waals surface area contributed by atoms with Crippen molar-refractivity contribution in [3.05, 3.63) is 69.2 Å². The third-order valence-corrected chi connectivity index (χ3v) is 4.45. The number of nitrogens with one attached hydrogen (secondary N) is 1. The van der Waals surface area contributed by atoms with Gasteiger partial charge < -0.3 is 5.32 Å². The Labute approximate surface area is 126 Å². The molecule has 1 N–H and O–H groups in total. The molecule has 1 unspecified atom stereocenters. The van der Waals surface area contributed by atoms with Gasteiger partial charge in [-0.3, -0.25) is 0 Å². The number of hydrogen-bond acceptors (Lipinski definition) is 1. The van der Waals surface area contributed by atoms with Gasteiger partial charge in [-0.15, -0.1) is 0 Å². The molecule has 0 fully saturated rings. The minimum atomic E-state index is -0.813. The second-order valence-electron chi connectivity index (χ2n) is 4.77. The van der Waals surface area contributed by atoms with E-state index in [9.17, 15) is 8.78 Å². The summed E-state index contributed by atoms with van der Waals surface area (Å²) in [6.45, 7) is 2.03. The molecule has 0 spiro atoms. The second kappa shape index (κ2) is 6.46. The van der Waals surface area contributed by atoms with Gasteiger partial charge in [0.1, 0.15) is 0 Å². The van der Waals surface area contributed by atoms with Gasteiger partial charge >= 0.3 is 0 Å². The lowest BCUT2D eigenvalue weighted by Crippen LogP contribution is -2.19. The van der Waals surface area contributed by atoms with Gasteiger partial charge in [0, 0.05) is 10.5 Å². The van der Waals surface area contributed by atoms with Crippen molar-refractivity contribution in [1.82, 2.24) is 5.32 Å². The van der Waals surface area contributed by atoms with Crippen LogP contribution in [0.2, 0.25) is 0 Å². The van der Waals surface area contributed by atoms with Crippen molar-refractivity contribution in [3.63, 3.8) is 0 Å². The molecule has 0 aliphatic carbocycles. The van der Waals surface area contributed by atoms with Crippen molar-refractivity contribution in [3.8, 4) is 0 Å². The average molecular weight is 340 g/mol. The molecule has 0 heterocycles. The van der Waals surface area contributed by atoms with Crippen molar-refractivity contribution in [2.75, 3.05) is 7.05 Å². The summed E-state index contributed by atoms with van der Waals surface area (Å²) in [7, 11) is 1.86. The zero-order chi connectivity index (χ0) is 14.7. The summed E-state index contributed by atoms with van der Waals surface area (Å²) in [4.78, 5) is 0. The maximum absolute atomic E-state index is 13.3. The van der Waals surface area contributed by atoms with E-state index in [1.165, 1.54) is 12.1 Å². The zero-order valence-corrected chi connectivity index (χ0v) is 13.0. The number of aryl methyl sites for hydroxylation is 1. The van der Waals surface area contributed by atoms with Gasteiger partial charge in [0.15, 0.2) is 11.6 Å². The molecule has 0 bridgehead atoms. The van der Waals surface area contributed by atoms with E-state index in [-0.39, 0.29) is 6.04 Å². The molecule has 1 nitrogen and oxygen atoms in total. The maximum atomic E-state index is 13.3. The van der Waals surface area contributed by atoms with Crippen LogP contribution in [0.3, 0.4) is 0 Å². The van der Waals surface area contributed by atoms with Crippen LogP contribution in [-0.4, -0.2) is 7.05 Å². The molecule has 0 saturated carbocycles. The van der Waals surface area contributed by atoms with E-state index in [2.05, 4.69) is 21.2 Å². The van der Waals surface area contributed by atoms with Crippen LogP contribution in [-0.2, 0) is 6.42 Å². The molecular weight excluding hydrogens is 324 g/mol. The molecular formula is C16H16BrF2N. The number of benzene rings is 2. The number of halogens is 3. The van der Waals surface area contributed by atoms with Crippen molar-refractivity contribution in [1.29, 1.82) is 0 Å². The van der Waals surface area contributed by atoms with E-state index in [0.29, 0.717) is 6.42 Å². The molecule has 2 rings (SSSR count). The van der Waals surface area contributed by atoms with Crippen molar-refractivity contribution >= 4 is 15.9 Å². The fourth-order valence-electron chi connectivity index (χ4n) is 2.21. The van der Waals surface area contributed by atoms with E-state index in [1.807, 2.05) is 32.2 Å². The molecule has 0 aromatic heterocycles. The molecule has 0 radical (unpaired) electrons. The van der Waals surface area contributed by atoms with Crippen molar-refractivity contribution in [2.24, 2.45) is 0 Å². The van der Waals surface area contributed by atoms with E-state index in [4.69, 9.17) is 0 Å². The van der Waals surface area contributed by atoms with Gasteiger partial charge in [-0.25, -0.2) is 8.78 Å². The number of hydrogen-bond donors (Lipinski definition) is 1. The fraction of sp³-hybridized carbons (Fsp3) is 0.250. The normalized spacial score (nSPS) is 12.4. The monoisotopic (exact) mass is 339 g/mol. The molecule has 2 aromatic carbocycles. The van der Waals surface area contributed by atoms with Crippen molar-refractivity contribution < 1.29 is 8.78 Å². The summed E-state index contributed by atoms with van der Waals surface area (Å²) in [5, 5.41) is 3.22. The predicted octanol–water partition coefficient (Wildman–Crippen LogP) is 4.54. The Balaban J connectivity index is 2.28. The van der Waals surface area contributed by atoms with E-state index >= 15 is 0 Å². The highest BCUT2D eigenvalue weighted by Crippen LogP contribution is 2.28. The Bertz CT molecular complexity index is 613. The largest absolute Gasteiger partial charge is 0.313 e. The van der Waals surface area contributed by atoms with E-state index in [0.717, 1.165) is 21.2 Å². The molecule has 4 heteroatoms. The van der Waals surface area contributed by atoms with E-state index in [1.54, 1.807) is 6.07 Å². The van der Waals surface area contributed by atoms with Gasteiger partial charge in [-0.05, 0) is 49.2 Å². The lowest BCUT2D eigenvalue weighted by atomic mass is 9.97. The predicted molar refractivity (Wildman–Crippen MR) is 80.7 cm³/mol. The minimum absolute atomic E-state index is 0.0362. The zero-order valence-electron chi connectivity index (χ0n) is 11.4. The highest BCUT2D eigenvalue weighted by molar-refractivity contribution is 9.10. The molecule has 0 amide bonds. The number of rotatable bonds is 4. The van der Waals surface area contributed by atoms with Crippen LogP contribution in [0.5, 0.6) is 0 Å². The van der Waals surface area contributed by atoms with Crippen LogP contribution < -0.4 is 5.32 Å². The highest BCUT2D eigenvalue weighted by Gasteiger charge is 2.15. The molecule has 0 saturated heterocycles. The molecule has 0 aliphatic rings. The van der Waals surface area contributed by atoms with Gasteiger partial charge in [0.2, 0.25) is 0 Å². The Morgan fingerprint density at radius 1 is 1.15 bits per heavy atom. The third kappa shape index (κ3) is 3.25. The second-order valence-corrected chi connectivity index (χ2v) is 5.56. The van der Waals surface area contributed by atoms with Crippen LogP contribution in [0.4, 0.5) is 8.78 Å². The first-order valence-corrected chi connectivity index (χ1v) is 7.18. The molecule has 2 aromatic rings. The Morgan fingerprint density at radius 2 is 1.90 bits per heavy atom. The number of likely N-dealkylation sites (N-methyl/N-ethyl adjacent to an activating group) is 1. The summed E-state index contributed by atoms with van der Waals surface area (Å²) >= 11 is 3.59. The molecule has 0 aliphatic heterocycles. The van der Waals surface area contributed by atoms with Crippen LogP contribution in [0.1, 0.15) is 22.7 Å².